The third-order valence-corrected chi connectivity index (χ3v) is 3.44. The second kappa shape index (κ2) is 6.76. The first-order valence-electron chi connectivity index (χ1n) is 7.89. The van der Waals surface area contributed by atoms with Crippen LogP contribution in [-0.2, 0) is 12.0 Å². The Kier molecular flexibility index (Phi) is 4.51. The standard InChI is InChI=1S/C17H20N6O2/c1-17(2,3)13-11-25-15(20-13)10-18-16(24)21-14-9-19-23(22-14)12-7-5-4-6-8-12/h4-9,11H,10H2,1-3H3,(H2,18,21,22,24). The molecule has 2 heterocycles. The van der Waals surface area contributed by atoms with Crippen LogP contribution in [0.2, 0.25) is 0 Å². The van der Waals surface area contributed by atoms with E-state index in [2.05, 4.69) is 25.8 Å². The van der Waals surface area contributed by atoms with E-state index >= 15 is 0 Å². The average Bonchev–Trinajstić information content (AvgIpc) is 3.23. The number of amides is 2. The summed E-state index contributed by atoms with van der Waals surface area (Å²) >= 11 is 0. The van der Waals surface area contributed by atoms with Crippen molar-refractivity contribution in [3.05, 3.63) is 54.4 Å². The highest BCUT2D eigenvalue weighted by atomic mass is 16.3. The van der Waals surface area contributed by atoms with E-state index in [1.165, 1.54) is 11.0 Å². The Balaban J connectivity index is 1.55. The smallest absolute Gasteiger partial charge is 0.320 e. The number of anilines is 1. The van der Waals surface area contributed by atoms with Gasteiger partial charge in [0.15, 0.2) is 5.82 Å². The first-order valence-corrected chi connectivity index (χ1v) is 7.89. The second-order valence-electron chi connectivity index (χ2n) is 6.54. The molecule has 130 valence electrons. The van der Waals surface area contributed by atoms with Crippen LogP contribution < -0.4 is 10.6 Å². The maximum absolute atomic E-state index is 12.0. The molecule has 0 saturated carbocycles. The Labute approximate surface area is 145 Å². The lowest BCUT2D eigenvalue weighted by Crippen LogP contribution is -2.28. The summed E-state index contributed by atoms with van der Waals surface area (Å²) in [5.74, 6) is 0.803. The van der Waals surface area contributed by atoms with E-state index in [0.29, 0.717) is 11.7 Å². The largest absolute Gasteiger partial charge is 0.447 e. The first kappa shape index (κ1) is 16.7. The van der Waals surface area contributed by atoms with Crippen molar-refractivity contribution in [3.63, 3.8) is 0 Å². The number of hydrogen-bond donors (Lipinski definition) is 2. The van der Waals surface area contributed by atoms with E-state index in [1.54, 1.807) is 6.26 Å². The molecule has 0 saturated heterocycles. The molecule has 0 unspecified atom stereocenters. The zero-order valence-electron chi connectivity index (χ0n) is 14.4. The van der Waals surface area contributed by atoms with Crippen molar-refractivity contribution in [2.45, 2.75) is 32.7 Å². The number of benzene rings is 1. The molecule has 0 aliphatic rings. The van der Waals surface area contributed by atoms with Gasteiger partial charge in [-0.2, -0.15) is 5.10 Å². The van der Waals surface area contributed by atoms with Crippen LogP contribution in [-0.4, -0.2) is 26.0 Å². The van der Waals surface area contributed by atoms with Crippen molar-refractivity contribution < 1.29 is 9.21 Å². The van der Waals surface area contributed by atoms with Gasteiger partial charge in [0.05, 0.1) is 24.1 Å². The topological polar surface area (TPSA) is 97.9 Å². The van der Waals surface area contributed by atoms with Crippen LogP contribution in [0.15, 0.2) is 47.2 Å². The molecule has 0 atom stereocenters. The molecule has 0 spiro atoms. The Morgan fingerprint density at radius 1 is 1.24 bits per heavy atom. The Morgan fingerprint density at radius 2 is 2.00 bits per heavy atom. The quantitative estimate of drug-likeness (QED) is 0.761. The van der Waals surface area contributed by atoms with Gasteiger partial charge in [-0.25, -0.2) is 9.78 Å². The summed E-state index contributed by atoms with van der Waals surface area (Å²) < 4.78 is 5.37. The van der Waals surface area contributed by atoms with Gasteiger partial charge >= 0.3 is 6.03 Å². The van der Waals surface area contributed by atoms with E-state index in [-0.39, 0.29) is 12.0 Å². The SMILES string of the molecule is CC(C)(C)c1coc(CNC(=O)Nc2cnn(-c3ccccc3)n2)n1. The predicted molar refractivity (Wildman–Crippen MR) is 92.4 cm³/mol. The third-order valence-electron chi connectivity index (χ3n) is 3.44. The highest BCUT2D eigenvalue weighted by Gasteiger charge is 2.18. The molecule has 0 fully saturated rings. The third kappa shape index (κ3) is 4.23. The van der Waals surface area contributed by atoms with Crippen LogP contribution in [0.25, 0.3) is 5.69 Å². The molecule has 1 aromatic carbocycles. The van der Waals surface area contributed by atoms with Crippen LogP contribution in [0.5, 0.6) is 0 Å². The van der Waals surface area contributed by atoms with Gasteiger partial charge < -0.3 is 9.73 Å². The van der Waals surface area contributed by atoms with Crippen LogP contribution >= 0.6 is 0 Å². The van der Waals surface area contributed by atoms with Gasteiger partial charge in [-0.15, -0.1) is 9.90 Å². The predicted octanol–water partition coefficient (Wildman–Crippen LogP) is 2.87. The fourth-order valence-electron chi connectivity index (χ4n) is 2.06. The maximum atomic E-state index is 12.0. The fraction of sp³-hybridized carbons (Fsp3) is 0.294. The lowest BCUT2D eigenvalue weighted by atomic mass is 9.93. The summed E-state index contributed by atoms with van der Waals surface area (Å²) in [6, 6.07) is 9.03. The molecule has 0 radical (unpaired) electrons. The molecule has 0 aliphatic carbocycles. The minimum atomic E-state index is -0.407. The minimum absolute atomic E-state index is 0.0973. The van der Waals surface area contributed by atoms with Gasteiger partial charge in [-0.1, -0.05) is 39.0 Å². The first-order chi connectivity index (χ1) is 11.9. The lowest BCUT2D eigenvalue weighted by molar-refractivity contribution is 0.250. The fourth-order valence-corrected chi connectivity index (χ4v) is 2.06. The maximum Gasteiger partial charge on any atom is 0.320 e. The van der Waals surface area contributed by atoms with Gasteiger partial charge in [-0.05, 0) is 12.1 Å². The summed E-state index contributed by atoms with van der Waals surface area (Å²) in [6.07, 6.45) is 3.09. The number of aromatic nitrogens is 4. The highest BCUT2D eigenvalue weighted by Crippen LogP contribution is 2.20. The summed E-state index contributed by atoms with van der Waals surface area (Å²) in [4.78, 5) is 17.8. The molecule has 8 nitrogen and oxygen atoms in total. The minimum Gasteiger partial charge on any atom is -0.447 e. The number of rotatable bonds is 4. The number of carbonyl (C=O) groups is 1. The highest BCUT2D eigenvalue weighted by molar-refractivity contribution is 5.87. The van der Waals surface area contributed by atoms with Crippen molar-refractivity contribution in [1.82, 2.24) is 25.3 Å². The average molecular weight is 340 g/mol. The molecular weight excluding hydrogens is 320 g/mol. The van der Waals surface area contributed by atoms with Gasteiger partial charge in [0.25, 0.3) is 0 Å². The second-order valence-corrected chi connectivity index (χ2v) is 6.54. The summed E-state index contributed by atoms with van der Waals surface area (Å²) in [5, 5.41) is 13.6. The van der Waals surface area contributed by atoms with E-state index in [4.69, 9.17) is 4.42 Å². The molecule has 0 aliphatic heterocycles. The van der Waals surface area contributed by atoms with Gasteiger partial charge in [0.2, 0.25) is 5.89 Å². The molecule has 25 heavy (non-hydrogen) atoms. The van der Waals surface area contributed by atoms with Crippen LogP contribution in [0.3, 0.4) is 0 Å². The molecular formula is C17H20N6O2. The molecule has 3 rings (SSSR count). The van der Waals surface area contributed by atoms with Crippen molar-refractivity contribution in [1.29, 1.82) is 0 Å². The number of hydrogen-bond acceptors (Lipinski definition) is 5. The molecule has 2 aromatic heterocycles. The number of nitrogens with zero attached hydrogens (tertiary/aromatic N) is 4. The van der Waals surface area contributed by atoms with Crippen LogP contribution in [0.1, 0.15) is 32.4 Å². The Hall–Kier alpha value is -3.16. The number of oxazole rings is 1. The zero-order valence-corrected chi connectivity index (χ0v) is 14.4. The Morgan fingerprint density at radius 3 is 2.68 bits per heavy atom. The van der Waals surface area contributed by atoms with Gasteiger partial charge in [-0.3, -0.25) is 5.32 Å². The monoisotopic (exact) mass is 340 g/mol. The van der Waals surface area contributed by atoms with E-state index in [9.17, 15) is 4.79 Å². The normalized spacial score (nSPS) is 11.3. The number of urea groups is 1. The van der Waals surface area contributed by atoms with Crippen molar-refractivity contribution in [2.75, 3.05) is 5.32 Å². The van der Waals surface area contributed by atoms with Crippen LogP contribution in [0.4, 0.5) is 10.6 Å². The Bertz CT molecular complexity index is 847. The zero-order chi connectivity index (χ0) is 17.9. The van der Waals surface area contributed by atoms with Crippen molar-refractivity contribution in [3.8, 4) is 5.69 Å². The van der Waals surface area contributed by atoms with Crippen molar-refractivity contribution >= 4 is 11.8 Å². The summed E-state index contributed by atoms with van der Waals surface area (Å²) in [6.45, 7) is 6.33. The van der Waals surface area contributed by atoms with Crippen molar-refractivity contribution in [2.24, 2.45) is 0 Å². The summed E-state index contributed by atoms with van der Waals surface area (Å²) in [5.41, 5.74) is 1.56. The number of para-hydroxylation sites is 1. The molecule has 2 amide bonds. The number of nitrogens with one attached hydrogen (secondary N) is 2. The van der Waals surface area contributed by atoms with Crippen LogP contribution in [0, 0.1) is 0 Å². The lowest BCUT2D eigenvalue weighted by Gasteiger charge is -2.12. The van der Waals surface area contributed by atoms with Gasteiger partial charge in [0, 0.05) is 5.41 Å². The van der Waals surface area contributed by atoms with E-state index < -0.39 is 6.03 Å². The summed E-state index contributed by atoms with van der Waals surface area (Å²) in [7, 11) is 0. The number of carbonyl (C=O) groups excluding carboxylic acids is 1. The molecule has 3 aromatic rings. The van der Waals surface area contributed by atoms with E-state index in [1.807, 2.05) is 51.1 Å². The van der Waals surface area contributed by atoms with E-state index in [0.717, 1.165) is 11.4 Å². The van der Waals surface area contributed by atoms with Gasteiger partial charge in [0.1, 0.15) is 6.26 Å². The molecule has 0 bridgehead atoms. The molecule has 8 heteroatoms. The molecule has 2 N–H and O–H groups in total.